The van der Waals surface area contributed by atoms with Gasteiger partial charge < -0.3 is 4.74 Å². The highest BCUT2D eigenvalue weighted by atomic mass is 16.4. The van der Waals surface area contributed by atoms with E-state index in [1.165, 1.54) is 31.2 Å². The predicted molar refractivity (Wildman–Crippen MR) is 90.3 cm³/mol. The third-order valence-corrected chi connectivity index (χ3v) is 3.87. The average Bonchev–Trinajstić information content (AvgIpc) is 2.44. The van der Waals surface area contributed by atoms with Gasteiger partial charge in [-0.25, -0.2) is 0 Å². The number of benzene rings is 1. The summed E-state index contributed by atoms with van der Waals surface area (Å²) in [6, 6.07) is 10.9. The molecular weight excluding hydrogens is 244 g/mol. The Labute approximate surface area is 126 Å². The van der Waals surface area contributed by atoms with Crippen LogP contribution in [0.5, 0.6) is 0 Å². The second-order valence-electron chi connectivity index (χ2n) is 6.26. The smallest absolute Gasteiger partial charge is 0.0351 e. The maximum atomic E-state index is 4.25. The van der Waals surface area contributed by atoms with Crippen molar-refractivity contribution in [1.82, 2.24) is 0 Å². The van der Waals surface area contributed by atoms with Gasteiger partial charge in [0.05, 0.1) is 0 Å². The molecule has 0 bridgehead atoms. The van der Waals surface area contributed by atoms with E-state index in [1.807, 2.05) is 0 Å². The number of rotatable bonds is 7. The molecule has 0 N–H and O–H groups in total. The van der Waals surface area contributed by atoms with Crippen molar-refractivity contribution in [2.75, 3.05) is 14.2 Å². The van der Waals surface area contributed by atoms with Crippen LogP contribution in [-0.4, -0.2) is 14.2 Å². The maximum Gasteiger partial charge on any atom is 0.0351 e. The lowest BCUT2D eigenvalue weighted by Gasteiger charge is -2.20. The molecule has 0 aliphatic carbocycles. The largest absolute Gasteiger partial charge is 0.388 e. The molecule has 0 amide bonds. The van der Waals surface area contributed by atoms with Gasteiger partial charge in [0.25, 0.3) is 0 Å². The predicted octanol–water partition coefficient (Wildman–Crippen LogP) is 5.91. The summed E-state index contributed by atoms with van der Waals surface area (Å²) in [5, 5.41) is 0. The molecule has 0 saturated heterocycles. The molecule has 0 saturated carbocycles. The van der Waals surface area contributed by atoms with Crippen molar-refractivity contribution >= 4 is 0 Å². The van der Waals surface area contributed by atoms with E-state index in [-0.39, 0.29) is 0 Å². The Morgan fingerprint density at radius 3 is 1.85 bits per heavy atom. The zero-order valence-corrected chi connectivity index (χ0v) is 14.4. The van der Waals surface area contributed by atoms with Crippen LogP contribution < -0.4 is 0 Å². The first-order valence-corrected chi connectivity index (χ1v) is 7.98. The van der Waals surface area contributed by atoms with Crippen molar-refractivity contribution in [3.8, 4) is 0 Å². The van der Waals surface area contributed by atoms with Crippen LogP contribution in [0.2, 0.25) is 0 Å². The second-order valence-corrected chi connectivity index (χ2v) is 6.26. The highest BCUT2D eigenvalue weighted by Crippen LogP contribution is 2.28. The Balaban J connectivity index is 0.00000110. The van der Waals surface area contributed by atoms with E-state index < -0.39 is 0 Å². The lowest BCUT2D eigenvalue weighted by molar-refractivity contribution is 0.277. The minimum atomic E-state index is 0.690. The fraction of sp³-hybridized carbons (Fsp3) is 0.684. The molecule has 2 atom stereocenters. The Morgan fingerprint density at radius 2 is 1.35 bits per heavy atom. The highest BCUT2D eigenvalue weighted by Gasteiger charge is 2.13. The van der Waals surface area contributed by atoms with Crippen LogP contribution in [-0.2, 0) is 4.74 Å². The molecule has 0 aromatic heterocycles. The number of methoxy groups -OCH3 is 1. The van der Waals surface area contributed by atoms with Crippen LogP contribution in [0.15, 0.2) is 30.3 Å². The Hall–Kier alpha value is -0.820. The molecule has 20 heavy (non-hydrogen) atoms. The van der Waals surface area contributed by atoms with Crippen molar-refractivity contribution in [2.24, 2.45) is 11.8 Å². The summed E-state index contributed by atoms with van der Waals surface area (Å²) in [6.45, 7) is 9.39. The van der Waals surface area contributed by atoms with Gasteiger partial charge in [-0.15, -0.1) is 0 Å². The first-order valence-electron chi connectivity index (χ1n) is 7.98. The Bertz CT molecular complexity index is 305. The molecule has 1 nitrogen and oxygen atoms in total. The van der Waals surface area contributed by atoms with Crippen LogP contribution in [0, 0.1) is 11.8 Å². The second kappa shape index (κ2) is 12.0. The summed E-state index contributed by atoms with van der Waals surface area (Å²) in [5.41, 5.74) is 1.49. The van der Waals surface area contributed by atoms with Crippen molar-refractivity contribution in [3.05, 3.63) is 35.9 Å². The number of hydrogen-bond acceptors (Lipinski definition) is 1. The van der Waals surface area contributed by atoms with Crippen LogP contribution in [0.25, 0.3) is 0 Å². The van der Waals surface area contributed by atoms with Crippen molar-refractivity contribution in [3.63, 3.8) is 0 Å². The van der Waals surface area contributed by atoms with Crippen LogP contribution in [0.4, 0.5) is 0 Å². The molecular formula is C19H34O. The van der Waals surface area contributed by atoms with Gasteiger partial charge in [-0.2, -0.15) is 0 Å². The monoisotopic (exact) mass is 278 g/mol. The van der Waals surface area contributed by atoms with E-state index in [9.17, 15) is 0 Å². The fourth-order valence-electron chi connectivity index (χ4n) is 2.35. The average molecular weight is 278 g/mol. The standard InChI is InChI=1S/C17H28.C2H6O/c1-14(2)10-8-9-11-15(3)16(4)17-12-6-5-7-13-17;1-3-2/h5-7,12-16H,8-11H2,1-4H3;1-2H3. The first-order chi connectivity index (χ1) is 9.52. The van der Waals surface area contributed by atoms with E-state index in [1.54, 1.807) is 14.2 Å². The molecule has 0 spiro atoms. The van der Waals surface area contributed by atoms with Gasteiger partial charge in [0.1, 0.15) is 0 Å². The topological polar surface area (TPSA) is 9.23 Å². The number of hydrogen-bond donors (Lipinski definition) is 0. The lowest BCUT2D eigenvalue weighted by Crippen LogP contribution is -2.06. The molecule has 1 aromatic carbocycles. The molecule has 1 heteroatoms. The summed E-state index contributed by atoms with van der Waals surface area (Å²) < 4.78 is 4.25. The van der Waals surface area contributed by atoms with Crippen molar-refractivity contribution < 1.29 is 4.74 Å². The van der Waals surface area contributed by atoms with E-state index in [0.717, 1.165) is 11.8 Å². The summed E-state index contributed by atoms with van der Waals surface area (Å²) in [5.74, 6) is 2.34. The first kappa shape index (κ1) is 19.2. The molecule has 0 fully saturated rings. The molecule has 116 valence electrons. The number of unbranched alkanes of at least 4 members (excludes halogenated alkanes) is 1. The van der Waals surface area contributed by atoms with Gasteiger partial charge in [-0.3, -0.25) is 0 Å². The van der Waals surface area contributed by atoms with Crippen LogP contribution in [0.3, 0.4) is 0 Å². The van der Waals surface area contributed by atoms with Gasteiger partial charge >= 0.3 is 0 Å². The van der Waals surface area contributed by atoms with Gasteiger partial charge in [0.15, 0.2) is 0 Å². The summed E-state index contributed by atoms with van der Waals surface area (Å²) in [6.07, 6.45) is 5.52. The minimum absolute atomic E-state index is 0.690. The molecule has 0 aliphatic rings. The third kappa shape index (κ3) is 9.14. The van der Waals surface area contributed by atoms with Gasteiger partial charge in [-0.05, 0) is 23.3 Å². The number of ether oxygens (including phenoxy) is 1. The normalized spacial score (nSPS) is 13.6. The molecule has 1 rings (SSSR count). The van der Waals surface area contributed by atoms with E-state index >= 15 is 0 Å². The molecule has 0 heterocycles. The maximum absolute atomic E-state index is 4.25. The Kier molecular flexibility index (Phi) is 11.5. The van der Waals surface area contributed by atoms with Gasteiger partial charge in [0, 0.05) is 14.2 Å². The zero-order valence-electron chi connectivity index (χ0n) is 14.4. The van der Waals surface area contributed by atoms with Crippen LogP contribution in [0.1, 0.15) is 64.9 Å². The van der Waals surface area contributed by atoms with Gasteiger partial charge in [-0.1, -0.05) is 83.7 Å². The lowest BCUT2D eigenvalue weighted by atomic mass is 9.85. The zero-order chi connectivity index (χ0) is 15.4. The summed E-state index contributed by atoms with van der Waals surface area (Å²) >= 11 is 0. The van der Waals surface area contributed by atoms with Gasteiger partial charge in [0.2, 0.25) is 0 Å². The molecule has 0 aliphatic heterocycles. The van der Waals surface area contributed by atoms with E-state index in [4.69, 9.17) is 0 Å². The van der Waals surface area contributed by atoms with Crippen molar-refractivity contribution in [2.45, 2.75) is 59.3 Å². The van der Waals surface area contributed by atoms with E-state index in [2.05, 4.69) is 62.8 Å². The quantitative estimate of drug-likeness (QED) is 0.564. The molecule has 1 aromatic rings. The van der Waals surface area contributed by atoms with Crippen molar-refractivity contribution in [1.29, 1.82) is 0 Å². The summed E-state index contributed by atoms with van der Waals surface area (Å²) in [7, 11) is 3.25. The SMILES string of the molecule is CC(C)CCCCC(C)C(C)c1ccccc1.COC. The fourth-order valence-corrected chi connectivity index (χ4v) is 2.35. The van der Waals surface area contributed by atoms with E-state index in [0.29, 0.717) is 5.92 Å². The minimum Gasteiger partial charge on any atom is -0.388 e. The highest BCUT2D eigenvalue weighted by molar-refractivity contribution is 5.19. The Morgan fingerprint density at radius 1 is 0.850 bits per heavy atom. The molecule has 2 unspecified atom stereocenters. The van der Waals surface area contributed by atoms with Crippen LogP contribution >= 0.6 is 0 Å². The molecule has 0 radical (unpaired) electrons. The third-order valence-electron chi connectivity index (χ3n) is 3.87. The summed E-state index contributed by atoms with van der Waals surface area (Å²) in [4.78, 5) is 0.